The van der Waals surface area contributed by atoms with Crippen molar-refractivity contribution in [2.75, 3.05) is 25.6 Å². The van der Waals surface area contributed by atoms with E-state index in [4.69, 9.17) is 17.0 Å². The average molecular weight is 333 g/mol. The molecular weight excluding hydrogens is 312 g/mol. The van der Waals surface area contributed by atoms with E-state index in [-0.39, 0.29) is 5.56 Å². The summed E-state index contributed by atoms with van der Waals surface area (Å²) in [5.74, 6) is 1.58. The largest absolute Gasteiger partial charge is 0.497 e. The number of quaternary nitrogens is 1. The van der Waals surface area contributed by atoms with Gasteiger partial charge in [-0.15, -0.1) is 0 Å². The molecule has 0 saturated heterocycles. The molecule has 1 aromatic heterocycles. The number of benzene rings is 1. The molecule has 0 saturated carbocycles. The van der Waals surface area contributed by atoms with Crippen LogP contribution < -0.4 is 20.5 Å². The maximum atomic E-state index is 12.3. The lowest BCUT2D eigenvalue weighted by Crippen LogP contribution is -3.12. The summed E-state index contributed by atoms with van der Waals surface area (Å²) in [5, 5.41) is 3.38. The van der Waals surface area contributed by atoms with Crippen LogP contribution in [0.15, 0.2) is 29.1 Å². The fourth-order valence-corrected chi connectivity index (χ4v) is 3.24. The molecule has 0 amide bonds. The van der Waals surface area contributed by atoms with Crippen LogP contribution in [0.5, 0.6) is 5.75 Å². The Balaban J connectivity index is 2.09. The van der Waals surface area contributed by atoms with Crippen LogP contribution in [0.25, 0.3) is 5.69 Å². The molecule has 1 aromatic carbocycles. The molecule has 0 spiro atoms. The van der Waals surface area contributed by atoms with Crippen molar-refractivity contribution in [1.29, 1.82) is 0 Å². The van der Waals surface area contributed by atoms with Crippen LogP contribution in [0.2, 0.25) is 0 Å². The Kier molecular flexibility index (Phi) is 4.49. The molecule has 6 nitrogen and oxygen atoms in total. The second kappa shape index (κ2) is 6.55. The second-order valence-corrected chi connectivity index (χ2v) is 6.04. The predicted molar refractivity (Wildman–Crippen MR) is 92.1 cm³/mol. The molecule has 0 bridgehead atoms. The highest BCUT2D eigenvalue weighted by Gasteiger charge is 2.24. The molecule has 2 heterocycles. The van der Waals surface area contributed by atoms with Gasteiger partial charge in [-0.3, -0.25) is 14.3 Å². The Labute approximate surface area is 139 Å². The van der Waals surface area contributed by atoms with E-state index in [0.29, 0.717) is 11.3 Å². The van der Waals surface area contributed by atoms with Gasteiger partial charge in [0.15, 0.2) is 11.4 Å². The minimum atomic E-state index is -0.101. The summed E-state index contributed by atoms with van der Waals surface area (Å²) >= 11 is 5.38. The maximum Gasteiger partial charge on any atom is 0.262 e. The minimum absolute atomic E-state index is 0.101. The molecule has 0 radical (unpaired) electrons. The average Bonchev–Trinajstić information content (AvgIpc) is 2.56. The number of methoxy groups -OCH3 is 1. The standard InChI is InChI=1S/C16H20N4O2S/c1-3-8-19-9-13-14(17-10-19)20(16(23)18-15(13)21)11-4-6-12(22-2)7-5-11/h4-7,17H,3,8-10H2,1-2H3,(H,18,21,23)/p+1. The van der Waals surface area contributed by atoms with E-state index in [1.807, 2.05) is 28.8 Å². The van der Waals surface area contributed by atoms with Crippen molar-refractivity contribution in [3.05, 3.63) is 45.0 Å². The van der Waals surface area contributed by atoms with Gasteiger partial charge in [0.1, 0.15) is 23.7 Å². The highest BCUT2D eigenvalue weighted by Crippen LogP contribution is 2.21. The first-order chi connectivity index (χ1) is 11.1. The molecule has 2 aromatic rings. The molecule has 1 aliphatic rings. The molecule has 1 atom stereocenters. The number of fused-ring (bicyclic) bond motifs is 1. The number of rotatable bonds is 4. The van der Waals surface area contributed by atoms with E-state index in [1.54, 1.807) is 7.11 Å². The van der Waals surface area contributed by atoms with Gasteiger partial charge in [-0.25, -0.2) is 0 Å². The number of anilines is 1. The van der Waals surface area contributed by atoms with Crippen LogP contribution in [0.3, 0.4) is 0 Å². The Morgan fingerprint density at radius 2 is 2.09 bits per heavy atom. The van der Waals surface area contributed by atoms with Crippen molar-refractivity contribution < 1.29 is 9.64 Å². The summed E-state index contributed by atoms with van der Waals surface area (Å²) in [7, 11) is 1.63. The first-order valence-electron chi connectivity index (χ1n) is 7.74. The monoisotopic (exact) mass is 333 g/mol. The fourth-order valence-electron chi connectivity index (χ4n) is 2.95. The lowest BCUT2D eigenvalue weighted by Gasteiger charge is -2.28. The number of nitrogens with zero attached hydrogens (tertiary/aromatic N) is 1. The van der Waals surface area contributed by atoms with E-state index in [9.17, 15) is 4.79 Å². The number of ether oxygens (including phenoxy) is 1. The van der Waals surface area contributed by atoms with Gasteiger partial charge in [-0.2, -0.15) is 0 Å². The first-order valence-corrected chi connectivity index (χ1v) is 8.15. The topological polar surface area (TPSA) is 63.5 Å². The number of aromatic nitrogens is 2. The number of hydrogen-bond donors (Lipinski definition) is 3. The molecular formula is C16H21N4O2S+. The summed E-state index contributed by atoms with van der Waals surface area (Å²) in [4.78, 5) is 16.5. The first kappa shape index (κ1) is 15.8. The van der Waals surface area contributed by atoms with Gasteiger partial charge in [-0.1, -0.05) is 6.92 Å². The molecule has 23 heavy (non-hydrogen) atoms. The Bertz CT molecular complexity index is 810. The Hall–Kier alpha value is -2.12. The molecule has 0 aliphatic carbocycles. The summed E-state index contributed by atoms with van der Waals surface area (Å²) in [6.45, 7) is 4.67. The third kappa shape index (κ3) is 3.02. The van der Waals surface area contributed by atoms with Crippen molar-refractivity contribution >= 4 is 18.0 Å². The van der Waals surface area contributed by atoms with E-state index >= 15 is 0 Å². The van der Waals surface area contributed by atoms with Gasteiger partial charge in [0, 0.05) is 0 Å². The van der Waals surface area contributed by atoms with Gasteiger partial charge in [0.2, 0.25) is 0 Å². The van der Waals surface area contributed by atoms with Crippen LogP contribution in [0, 0.1) is 4.77 Å². The van der Waals surface area contributed by atoms with E-state index in [0.717, 1.165) is 42.5 Å². The van der Waals surface area contributed by atoms with Crippen molar-refractivity contribution in [3.63, 3.8) is 0 Å². The van der Waals surface area contributed by atoms with Gasteiger partial charge in [0.25, 0.3) is 5.56 Å². The lowest BCUT2D eigenvalue weighted by molar-refractivity contribution is -0.912. The van der Waals surface area contributed by atoms with Gasteiger partial charge < -0.3 is 15.0 Å². The molecule has 3 N–H and O–H groups in total. The summed E-state index contributed by atoms with van der Waals surface area (Å²) < 4.78 is 7.47. The third-order valence-electron chi connectivity index (χ3n) is 4.07. The zero-order valence-electron chi connectivity index (χ0n) is 13.3. The molecule has 1 aliphatic heterocycles. The van der Waals surface area contributed by atoms with E-state index in [2.05, 4.69) is 17.2 Å². The zero-order valence-corrected chi connectivity index (χ0v) is 14.1. The highest BCUT2D eigenvalue weighted by molar-refractivity contribution is 7.71. The van der Waals surface area contributed by atoms with Crippen LogP contribution >= 0.6 is 12.2 Å². The predicted octanol–water partition coefficient (Wildman–Crippen LogP) is 1.08. The maximum absolute atomic E-state index is 12.3. The highest BCUT2D eigenvalue weighted by atomic mass is 32.1. The van der Waals surface area contributed by atoms with Gasteiger partial charge in [0.05, 0.1) is 19.3 Å². The second-order valence-electron chi connectivity index (χ2n) is 5.65. The molecule has 3 rings (SSSR count). The van der Waals surface area contributed by atoms with Gasteiger partial charge >= 0.3 is 0 Å². The SMILES string of the molecule is CCC[NH+]1CNc2c(c(=O)[nH]c(=S)n2-c2ccc(OC)cc2)C1. The fraction of sp³-hybridized carbons (Fsp3) is 0.375. The Morgan fingerprint density at radius 3 is 2.74 bits per heavy atom. The summed E-state index contributed by atoms with van der Waals surface area (Å²) in [6, 6.07) is 7.62. The normalized spacial score (nSPS) is 16.5. The van der Waals surface area contributed by atoms with Crippen molar-refractivity contribution in [3.8, 4) is 11.4 Å². The third-order valence-corrected chi connectivity index (χ3v) is 4.36. The Morgan fingerprint density at radius 1 is 1.35 bits per heavy atom. The van der Waals surface area contributed by atoms with Crippen molar-refractivity contribution in [1.82, 2.24) is 9.55 Å². The number of aromatic amines is 1. The number of nitrogens with one attached hydrogen (secondary N) is 3. The summed E-state index contributed by atoms with van der Waals surface area (Å²) in [5.41, 5.74) is 1.55. The van der Waals surface area contributed by atoms with Crippen molar-refractivity contribution in [2.45, 2.75) is 19.9 Å². The molecule has 7 heteroatoms. The molecule has 122 valence electrons. The molecule has 1 unspecified atom stereocenters. The van der Waals surface area contributed by atoms with E-state index in [1.165, 1.54) is 4.90 Å². The number of H-pyrrole nitrogens is 1. The van der Waals surface area contributed by atoms with Crippen LogP contribution in [-0.2, 0) is 6.54 Å². The quantitative estimate of drug-likeness (QED) is 0.733. The van der Waals surface area contributed by atoms with E-state index < -0.39 is 0 Å². The van der Waals surface area contributed by atoms with Crippen LogP contribution in [-0.4, -0.2) is 29.9 Å². The van der Waals surface area contributed by atoms with Gasteiger partial charge in [-0.05, 0) is 42.9 Å². The smallest absolute Gasteiger partial charge is 0.262 e. The zero-order chi connectivity index (χ0) is 16.4. The van der Waals surface area contributed by atoms with Crippen molar-refractivity contribution in [2.24, 2.45) is 0 Å². The van der Waals surface area contributed by atoms with Crippen LogP contribution in [0.4, 0.5) is 5.82 Å². The number of hydrogen-bond acceptors (Lipinski definition) is 4. The lowest BCUT2D eigenvalue weighted by atomic mass is 10.2. The van der Waals surface area contributed by atoms with Crippen LogP contribution in [0.1, 0.15) is 18.9 Å². The summed E-state index contributed by atoms with van der Waals surface area (Å²) in [6.07, 6.45) is 1.09. The molecule has 0 fully saturated rings. The minimum Gasteiger partial charge on any atom is -0.497 e.